The third-order valence-electron chi connectivity index (χ3n) is 2.72. The summed E-state index contributed by atoms with van der Waals surface area (Å²) in [6.07, 6.45) is 1.77. The van der Waals surface area contributed by atoms with Crippen molar-refractivity contribution in [2.75, 3.05) is 19.1 Å². The summed E-state index contributed by atoms with van der Waals surface area (Å²) >= 11 is 0. The van der Waals surface area contributed by atoms with E-state index in [0.29, 0.717) is 6.54 Å². The highest BCUT2D eigenvalue weighted by Gasteiger charge is 2.08. The second-order valence-corrected chi connectivity index (χ2v) is 4.17. The van der Waals surface area contributed by atoms with Gasteiger partial charge in [-0.1, -0.05) is 18.2 Å². The molecule has 0 atom stereocenters. The number of nitrogens with zero attached hydrogens (tertiary/aromatic N) is 3. The van der Waals surface area contributed by atoms with Crippen LogP contribution in [0.5, 0.6) is 5.75 Å². The minimum absolute atomic E-state index is 0.716. The molecule has 0 spiro atoms. The van der Waals surface area contributed by atoms with E-state index >= 15 is 0 Å². The van der Waals surface area contributed by atoms with Crippen molar-refractivity contribution in [3.63, 3.8) is 0 Å². The molecule has 2 aromatic rings. The Labute approximate surface area is 107 Å². The highest BCUT2D eigenvalue weighted by atomic mass is 16.5. The monoisotopic (exact) mass is 243 g/mol. The lowest BCUT2D eigenvalue weighted by atomic mass is 10.2. The van der Waals surface area contributed by atoms with Crippen molar-refractivity contribution in [1.29, 1.82) is 0 Å². The first-order valence-electron chi connectivity index (χ1n) is 5.83. The highest BCUT2D eigenvalue weighted by Crippen LogP contribution is 2.20. The van der Waals surface area contributed by atoms with Gasteiger partial charge in [0.05, 0.1) is 7.11 Å². The quantitative estimate of drug-likeness (QED) is 0.826. The zero-order valence-corrected chi connectivity index (χ0v) is 10.9. The second-order valence-electron chi connectivity index (χ2n) is 4.17. The predicted octanol–water partition coefficient (Wildman–Crippen LogP) is 2.43. The number of aryl methyl sites for hydroxylation is 1. The van der Waals surface area contributed by atoms with Crippen LogP contribution >= 0.6 is 0 Å². The summed E-state index contributed by atoms with van der Waals surface area (Å²) in [7, 11) is 3.66. The maximum Gasteiger partial charge on any atom is 0.225 e. The van der Waals surface area contributed by atoms with Gasteiger partial charge in [-0.3, -0.25) is 0 Å². The number of anilines is 1. The fourth-order valence-corrected chi connectivity index (χ4v) is 1.78. The van der Waals surface area contributed by atoms with Crippen molar-refractivity contribution in [3.05, 3.63) is 47.8 Å². The molecule has 0 radical (unpaired) electrons. The molecule has 2 rings (SSSR count). The van der Waals surface area contributed by atoms with Crippen LogP contribution in [0.2, 0.25) is 0 Å². The van der Waals surface area contributed by atoms with E-state index in [1.807, 2.05) is 49.2 Å². The Balaban J connectivity index is 2.18. The molecule has 0 saturated carbocycles. The molecule has 0 bridgehead atoms. The van der Waals surface area contributed by atoms with Gasteiger partial charge in [0.15, 0.2) is 0 Å². The molecule has 0 N–H and O–H groups in total. The first-order chi connectivity index (χ1) is 8.70. The van der Waals surface area contributed by atoms with Crippen LogP contribution < -0.4 is 9.64 Å². The Morgan fingerprint density at radius 1 is 1.22 bits per heavy atom. The number of ether oxygens (including phenoxy) is 1. The topological polar surface area (TPSA) is 38.2 Å². The van der Waals surface area contributed by atoms with Gasteiger partial charge in [-0.2, -0.15) is 0 Å². The van der Waals surface area contributed by atoms with Gasteiger partial charge >= 0.3 is 0 Å². The number of rotatable bonds is 4. The lowest BCUT2D eigenvalue weighted by Crippen LogP contribution is -2.19. The number of aromatic nitrogens is 2. The molecule has 18 heavy (non-hydrogen) atoms. The van der Waals surface area contributed by atoms with Crippen molar-refractivity contribution in [2.24, 2.45) is 0 Å². The predicted molar refractivity (Wildman–Crippen MR) is 71.9 cm³/mol. The van der Waals surface area contributed by atoms with Crippen LogP contribution in [0.25, 0.3) is 0 Å². The molecule has 0 fully saturated rings. The number of hydrogen-bond donors (Lipinski definition) is 0. The van der Waals surface area contributed by atoms with Gasteiger partial charge in [0, 0.05) is 31.0 Å². The van der Waals surface area contributed by atoms with E-state index in [9.17, 15) is 0 Å². The van der Waals surface area contributed by atoms with E-state index in [4.69, 9.17) is 4.74 Å². The van der Waals surface area contributed by atoms with Crippen LogP contribution in [0.3, 0.4) is 0 Å². The SMILES string of the molecule is COc1ccccc1CN(C)c1nccc(C)n1. The van der Waals surface area contributed by atoms with Gasteiger partial charge in [-0.15, -0.1) is 0 Å². The molecular formula is C14H17N3O. The fourth-order valence-electron chi connectivity index (χ4n) is 1.78. The number of methoxy groups -OCH3 is 1. The minimum Gasteiger partial charge on any atom is -0.496 e. The van der Waals surface area contributed by atoms with Gasteiger partial charge in [0.1, 0.15) is 5.75 Å². The number of hydrogen-bond acceptors (Lipinski definition) is 4. The molecule has 0 unspecified atom stereocenters. The molecule has 0 aliphatic heterocycles. The number of para-hydroxylation sites is 1. The molecule has 1 heterocycles. The Bertz CT molecular complexity index is 528. The largest absolute Gasteiger partial charge is 0.496 e. The molecule has 94 valence electrons. The maximum atomic E-state index is 5.34. The van der Waals surface area contributed by atoms with Crippen LogP contribution in [0, 0.1) is 6.92 Å². The molecule has 1 aromatic carbocycles. The fraction of sp³-hybridized carbons (Fsp3) is 0.286. The molecular weight excluding hydrogens is 226 g/mol. The summed E-state index contributed by atoms with van der Waals surface area (Å²) in [6, 6.07) is 9.86. The van der Waals surface area contributed by atoms with E-state index in [-0.39, 0.29) is 0 Å². The second kappa shape index (κ2) is 5.49. The summed E-state index contributed by atoms with van der Waals surface area (Å²) in [5.41, 5.74) is 2.08. The van der Waals surface area contributed by atoms with Crippen molar-refractivity contribution >= 4 is 5.95 Å². The summed E-state index contributed by atoms with van der Waals surface area (Å²) in [6.45, 7) is 2.68. The molecule has 4 nitrogen and oxygen atoms in total. The smallest absolute Gasteiger partial charge is 0.225 e. The average molecular weight is 243 g/mol. The first-order valence-corrected chi connectivity index (χ1v) is 5.83. The lowest BCUT2D eigenvalue weighted by molar-refractivity contribution is 0.409. The Kier molecular flexibility index (Phi) is 3.77. The minimum atomic E-state index is 0.716. The van der Waals surface area contributed by atoms with Gasteiger partial charge < -0.3 is 9.64 Å². The van der Waals surface area contributed by atoms with Gasteiger partial charge in [0.25, 0.3) is 0 Å². The van der Waals surface area contributed by atoms with E-state index in [1.54, 1.807) is 13.3 Å². The van der Waals surface area contributed by atoms with Crippen LogP contribution in [-0.2, 0) is 6.54 Å². The van der Waals surface area contributed by atoms with E-state index in [1.165, 1.54) is 0 Å². The normalized spacial score (nSPS) is 10.2. The van der Waals surface area contributed by atoms with Gasteiger partial charge in [-0.25, -0.2) is 9.97 Å². The molecule has 1 aromatic heterocycles. The zero-order valence-electron chi connectivity index (χ0n) is 10.9. The van der Waals surface area contributed by atoms with Crippen molar-refractivity contribution in [2.45, 2.75) is 13.5 Å². The van der Waals surface area contributed by atoms with Crippen molar-refractivity contribution in [3.8, 4) is 5.75 Å². The number of benzene rings is 1. The average Bonchev–Trinajstić information content (AvgIpc) is 2.39. The van der Waals surface area contributed by atoms with Crippen LogP contribution in [0.4, 0.5) is 5.95 Å². The Hall–Kier alpha value is -2.10. The summed E-state index contributed by atoms with van der Waals surface area (Å²) < 4.78 is 5.34. The van der Waals surface area contributed by atoms with Crippen molar-refractivity contribution in [1.82, 2.24) is 9.97 Å². The standard InChI is InChI=1S/C14H17N3O/c1-11-8-9-15-14(16-11)17(2)10-12-6-4-5-7-13(12)18-3/h4-9H,10H2,1-3H3. The molecule has 0 aliphatic rings. The van der Waals surface area contributed by atoms with Crippen LogP contribution in [0.1, 0.15) is 11.3 Å². The summed E-state index contributed by atoms with van der Waals surface area (Å²) in [4.78, 5) is 10.7. The third-order valence-corrected chi connectivity index (χ3v) is 2.72. The zero-order chi connectivity index (χ0) is 13.0. The van der Waals surface area contributed by atoms with Crippen molar-refractivity contribution < 1.29 is 4.74 Å². The highest BCUT2D eigenvalue weighted by molar-refractivity contribution is 5.38. The van der Waals surface area contributed by atoms with E-state index in [0.717, 1.165) is 23.0 Å². The molecule has 0 aliphatic carbocycles. The Morgan fingerprint density at radius 2 is 2.00 bits per heavy atom. The van der Waals surface area contributed by atoms with E-state index in [2.05, 4.69) is 9.97 Å². The lowest BCUT2D eigenvalue weighted by Gasteiger charge is -2.18. The maximum absolute atomic E-state index is 5.34. The molecule has 0 saturated heterocycles. The van der Waals surface area contributed by atoms with Gasteiger partial charge in [0.2, 0.25) is 5.95 Å². The molecule has 4 heteroatoms. The van der Waals surface area contributed by atoms with Crippen LogP contribution in [-0.4, -0.2) is 24.1 Å². The van der Waals surface area contributed by atoms with E-state index < -0.39 is 0 Å². The summed E-state index contributed by atoms with van der Waals surface area (Å²) in [5.74, 6) is 1.61. The first kappa shape index (κ1) is 12.4. The Morgan fingerprint density at radius 3 is 2.72 bits per heavy atom. The molecule has 0 amide bonds. The third kappa shape index (κ3) is 2.77. The summed E-state index contributed by atoms with van der Waals surface area (Å²) in [5, 5.41) is 0. The van der Waals surface area contributed by atoms with Gasteiger partial charge in [-0.05, 0) is 19.1 Å². The van der Waals surface area contributed by atoms with Crippen LogP contribution in [0.15, 0.2) is 36.5 Å².